The molecule has 5 heteroatoms. The number of hydrogen-bond acceptors (Lipinski definition) is 3. The van der Waals surface area contributed by atoms with E-state index >= 15 is 0 Å². The van der Waals surface area contributed by atoms with Crippen LogP contribution >= 0.6 is 0 Å². The number of carbonyl (C=O) groups is 2. The Kier molecular flexibility index (Phi) is 4.42. The molecule has 0 radical (unpaired) electrons. The average molecular weight is 250 g/mol. The molecule has 98 valence electrons. The van der Waals surface area contributed by atoms with Crippen LogP contribution in [0.1, 0.15) is 26.7 Å². The normalized spacial score (nSPS) is 11.1. The van der Waals surface area contributed by atoms with Gasteiger partial charge in [0.2, 0.25) is 5.91 Å². The van der Waals surface area contributed by atoms with Gasteiger partial charge in [0.25, 0.3) is 0 Å². The van der Waals surface area contributed by atoms with Crippen LogP contribution in [0.25, 0.3) is 0 Å². The molecule has 0 atom stereocenters. The van der Waals surface area contributed by atoms with Crippen LogP contribution in [0.2, 0.25) is 0 Å². The van der Waals surface area contributed by atoms with Crippen molar-refractivity contribution in [3.05, 3.63) is 24.5 Å². The predicted molar refractivity (Wildman–Crippen MR) is 68.3 cm³/mol. The molecular formula is C13H18N2O3. The molecule has 0 spiro atoms. The van der Waals surface area contributed by atoms with Crippen LogP contribution in [0.4, 0.5) is 5.69 Å². The molecule has 0 bridgehead atoms. The summed E-state index contributed by atoms with van der Waals surface area (Å²) >= 11 is 0. The van der Waals surface area contributed by atoms with Crippen molar-refractivity contribution in [3.63, 3.8) is 0 Å². The maximum atomic E-state index is 12.0. The summed E-state index contributed by atoms with van der Waals surface area (Å²) in [5, 5.41) is 8.78. The molecule has 1 aromatic rings. The lowest BCUT2D eigenvalue weighted by Crippen LogP contribution is -2.32. The molecule has 1 amide bonds. The molecule has 0 fully saturated rings. The van der Waals surface area contributed by atoms with Gasteiger partial charge >= 0.3 is 5.97 Å². The van der Waals surface area contributed by atoms with E-state index in [-0.39, 0.29) is 18.7 Å². The summed E-state index contributed by atoms with van der Waals surface area (Å²) in [5.74, 6) is -1.01. The van der Waals surface area contributed by atoms with Gasteiger partial charge in [-0.25, -0.2) is 0 Å². The summed E-state index contributed by atoms with van der Waals surface area (Å²) in [6.45, 7) is 3.55. The van der Waals surface area contributed by atoms with E-state index in [1.54, 1.807) is 45.4 Å². The van der Waals surface area contributed by atoms with Crippen LogP contribution < -0.4 is 4.90 Å². The van der Waals surface area contributed by atoms with Crippen LogP contribution in [0.5, 0.6) is 0 Å². The van der Waals surface area contributed by atoms with Gasteiger partial charge in [-0.2, -0.15) is 0 Å². The molecule has 1 rings (SSSR count). The number of pyridine rings is 1. The molecule has 5 nitrogen and oxygen atoms in total. The van der Waals surface area contributed by atoms with Crippen molar-refractivity contribution < 1.29 is 14.7 Å². The molecule has 0 saturated heterocycles. The zero-order chi connectivity index (χ0) is 13.8. The van der Waals surface area contributed by atoms with E-state index in [1.807, 2.05) is 0 Å². The summed E-state index contributed by atoms with van der Waals surface area (Å²) in [4.78, 5) is 28.2. The highest BCUT2D eigenvalue weighted by atomic mass is 16.4. The summed E-state index contributed by atoms with van der Waals surface area (Å²) in [5.41, 5.74) is 0.146. The summed E-state index contributed by atoms with van der Waals surface area (Å²) in [6, 6.07) is 3.54. The monoisotopic (exact) mass is 250 g/mol. The van der Waals surface area contributed by atoms with Gasteiger partial charge in [0, 0.05) is 19.7 Å². The van der Waals surface area contributed by atoms with Gasteiger partial charge in [-0.15, -0.1) is 0 Å². The van der Waals surface area contributed by atoms with Crippen molar-refractivity contribution in [2.45, 2.75) is 26.7 Å². The summed E-state index contributed by atoms with van der Waals surface area (Å²) < 4.78 is 0. The fourth-order valence-electron chi connectivity index (χ4n) is 1.70. The van der Waals surface area contributed by atoms with Gasteiger partial charge in [0.05, 0.1) is 18.3 Å². The molecule has 0 saturated carbocycles. The molecule has 1 N–H and O–H groups in total. The van der Waals surface area contributed by atoms with Gasteiger partial charge in [-0.3, -0.25) is 14.6 Å². The Balaban J connectivity index is 2.68. The maximum absolute atomic E-state index is 12.0. The largest absolute Gasteiger partial charge is 0.481 e. The van der Waals surface area contributed by atoms with Crippen molar-refractivity contribution in [2.24, 2.45) is 5.41 Å². The van der Waals surface area contributed by atoms with Gasteiger partial charge < -0.3 is 10.0 Å². The number of carbonyl (C=O) groups excluding carboxylic acids is 1. The van der Waals surface area contributed by atoms with Gasteiger partial charge in [0.15, 0.2) is 0 Å². The van der Waals surface area contributed by atoms with E-state index in [9.17, 15) is 9.59 Å². The Bertz CT molecular complexity index is 429. The first kappa shape index (κ1) is 14.2. The Labute approximate surface area is 106 Å². The second-order valence-electron chi connectivity index (χ2n) is 5.08. The van der Waals surface area contributed by atoms with Gasteiger partial charge in [-0.1, -0.05) is 13.8 Å². The zero-order valence-corrected chi connectivity index (χ0v) is 10.9. The summed E-state index contributed by atoms with van der Waals surface area (Å²) in [6.07, 6.45) is 3.39. The smallest absolute Gasteiger partial charge is 0.303 e. The number of nitrogens with zero attached hydrogens (tertiary/aromatic N) is 2. The third-order valence-corrected chi connectivity index (χ3v) is 2.67. The lowest BCUT2D eigenvalue weighted by atomic mass is 9.85. The van der Waals surface area contributed by atoms with Crippen molar-refractivity contribution in [2.75, 3.05) is 11.9 Å². The minimum Gasteiger partial charge on any atom is -0.481 e. The third-order valence-electron chi connectivity index (χ3n) is 2.67. The fourth-order valence-corrected chi connectivity index (χ4v) is 1.70. The van der Waals surface area contributed by atoms with Crippen LogP contribution in [-0.4, -0.2) is 29.0 Å². The fraction of sp³-hybridized carbons (Fsp3) is 0.462. The third kappa shape index (κ3) is 4.16. The Morgan fingerprint density at radius 2 is 2.06 bits per heavy atom. The number of hydrogen-bond donors (Lipinski definition) is 1. The SMILES string of the molecule is CN(C(=O)CC(C)(C)CC(=O)O)c1cccnc1. The highest BCUT2D eigenvalue weighted by Gasteiger charge is 2.27. The van der Waals surface area contributed by atoms with Crippen molar-refractivity contribution in [1.82, 2.24) is 4.98 Å². The number of carboxylic acids is 1. The molecule has 1 heterocycles. The lowest BCUT2D eigenvalue weighted by Gasteiger charge is -2.25. The van der Waals surface area contributed by atoms with E-state index in [2.05, 4.69) is 4.98 Å². The minimum atomic E-state index is -0.892. The number of anilines is 1. The Hall–Kier alpha value is -1.91. The molecule has 0 aliphatic rings. The topological polar surface area (TPSA) is 70.5 Å². The van der Waals surface area contributed by atoms with E-state index in [0.29, 0.717) is 5.69 Å². The highest BCUT2D eigenvalue weighted by Crippen LogP contribution is 2.26. The quantitative estimate of drug-likeness (QED) is 0.866. The molecule has 0 aliphatic heterocycles. The Morgan fingerprint density at radius 1 is 1.39 bits per heavy atom. The van der Waals surface area contributed by atoms with Crippen molar-refractivity contribution in [1.29, 1.82) is 0 Å². The molecule has 0 aromatic carbocycles. The molecule has 0 aliphatic carbocycles. The average Bonchev–Trinajstić information content (AvgIpc) is 2.26. The number of carboxylic acid groups (broad SMARTS) is 1. The number of aromatic nitrogens is 1. The van der Waals surface area contributed by atoms with E-state index in [1.165, 1.54) is 4.90 Å². The van der Waals surface area contributed by atoms with Gasteiger partial charge in [-0.05, 0) is 17.5 Å². The van der Waals surface area contributed by atoms with E-state index in [0.717, 1.165) is 0 Å². The molecular weight excluding hydrogens is 232 g/mol. The predicted octanol–water partition coefficient (Wildman–Crippen LogP) is 1.94. The first-order chi connectivity index (χ1) is 8.32. The highest BCUT2D eigenvalue weighted by molar-refractivity contribution is 5.93. The van der Waals surface area contributed by atoms with Crippen LogP contribution in [0.3, 0.4) is 0 Å². The second-order valence-corrected chi connectivity index (χ2v) is 5.08. The van der Waals surface area contributed by atoms with E-state index < -0.39 is 11.4 Å². The summed E-state index contributed by atoms with van der Waals surface area (Å²) in [7, 11) is 1.66. The first-order valence-electron chi connectivity index (χ1n) is 5.70. The Morgan fingerprint density at radius 3 is 2.56 bits per heavy atom. The zero-order valence-electron chi connectivity index (χ0n) is 10.9. The number of amides is 1. The number of aliphatic carboxylic acids is 1. The van der Waals surface area contributed by atoms with Crippen molar-refractivity contribution >= 4 is 17.6 Å². The van der Waals surface area contributed by atoms with E-state index in [4.69, 9.17) is 5.11 Å². The van der Waals surface area contributed by atoms with Crippen LogP contribution in [-0.2, 0) is 9.59 Å². The van der Waals surface area contributed by atoms with Crippen LogP contribution in [0, 0.1) is 5.41 Å². The second kappa shape index (κ2) is 5.62. The van der Waals surface area contributed by atoms with Crippen molar-refractivity contribution in [3.8, 4) is 0 Å². The van der Waals surface area contributed by atoms with Gasteiger partial charge in [0.1, 0.15) is 0 Å². The van der Waals surface area contributed by atoms with Crippen LogP contribution in [0.15, 0.2) is 24.5 Å². The first-order valence-corrected chi connectivity index (χ1v) is 5.70. The lowest BCUT2D eigenvalue weighted by molar-refractivity contribution is -0.139. The number of rotatable bonds is 5. The molecule has 1 aromatic heterocycles. The standard InChI is InChI=1S/C13H18N2O3/c1-13(2,8-12(17)18)7-11(16)15(3)10-5-4-6-14-9-10/h4-6,9H,7-8H2,1-3H3,(H,17,18). The minimum absolute atomic E-state index is 0.0282. The molecule has 0 unspecified atom stereocenters. The molecule has 18 heavy (non-hydrogen) atoms. The maximum Gasteiger partial charge on any atom is 0.303 e.